The van der Waals surface area contributed by atoms with Gasteiger partial charge in [0, 0.05) is 19.0 Å². The SMILES string of the molecule is CCCCCCCCN(C(=O)C(Cc1ccccc1)NC(=O)OC(C)(C)C)C(C(=O)NC1CCCCC1)c1cc(C)cc(C)c1. The van der Waals surface area contributed by atoms with Crippen LogP contribution in [0.5, 0.6) is 0 Å². The van der Waals surface area contributed by atoms with Crippen molar-refractivity contribution in [1.29, 1.82) is 0 Å². The molecule has 7 heteroatoms. The molecule has 1 aliphatic carbocycles. The standard InChI is InChI=1S/C38H57N3O4/c1-7-8-9-10-11-18-23-41(36(43)33(27-30-19-14-12-15-20-30)40-37(44)45-38(4,5)6)34(31-25-28(2)24-29(3)26-31)35(42)39-32-21-16-13-17-22-32/h12,14-15,19-20,24-26,32-34H,7-11,13,16-18,21-23,27H2,1-6H3,(H,39,42)(H,40,44). The van der Waals surface area contributed by atoms with Crippen molar-refractivity contribution in [3.63, 3.8) is 0 Å². The second-order valence-corrected chi connectivity index (χ2v) is 13.9. The molecule has 0 aliphatic heterocycles. The number of rotatable bonds is 15. The molecule has 3 amide bonds. The molecule has 248 valence electrons. The molecule has 2 aromatic rings. The first-order valence-electron chi connectivity index (χ1n) is 17.2. The van der Waals surface area contributed by atoms with Crippen molar-refractivity contribution in [3.05, 3.63) is 70.8 Å². The van der Waals surface area contributed by atoms with Crippen LogP contribution < -0.4 is 10.6 Å². The highest BCUT2D eigenvalue weighted by Crippen LogP contribution is 2.28. The molecule has 0 radical (unpaired) electrons. The summed E-state index contributed by atoms with van der Waals surface area (Å²) in [6, 6.07) is 14.2. The Morgan fingerprint density at radius 3 is 2.13 bits per heavy atom. The van der Waals surface area contributed by atoms with E-state index < -0.39 is 23.8 Å². The first-order valence-corrected chi connectivity index (χ1v) is 17.2. The summed E-state index contributed by atoms with van der Waals surface area (Å²) in [4.78, 5) is 43.9. The Kier molecular flexibility index (Phi) is 14.4. The number of ether oxygens (including phenoxy) is 1. The third-order valence-corrected chi connectivity index (χ3v) is 8.38. The average molecular weight is 620 g/mol. The Labute approximate surface area is 271 Å². The van der Waals surface area contributed by atoms with E-state index >= 15 is 0 Å². The minimum absolute atomic E-state index is 0.102. The van der Waals surface area contributed by atoms with Crippen molar-refractivity contribution in [3.8, 4) is 0 Å². The third kappa shape index (κ3) is 12.5. The van der Waals surface area contributed by atoms with E-state index in [4.69, 9.17) is 4.74 Å². The second kappa shape index (κ2) is 18.0. The van der Waals surface area contributed by atoms with Crippen LogP contribution >= 0.6 is 0 Å². The summed E-state index contributed by atoms with van der Waals surface area (Å²) in [5.41, 5.74) is 3.08. The van der Waals surface area contributed by atoms with E-state index in [1.165, 1.54) is 12.8 Å². The van der Waals surface area contributed by atoms with Crippen molar-refractivity contribution in [1.82, 2.24) is 15.5 Å². The van der Waals surface area contributed by atoms with Crippen LogP contribution in [0.4, 0.5) is 4.79 Å². The van der Waals surface area contributed by atoms with Crippen LogP contribution in [0.25, 0.3) is 0 Å². The van der Waals surface area contributed by atoms with Gasteiger partial charge in [0.05, 0.1) is 0 Å². The molecule has 0 saturated heterocycles. The normalized spacial score (nSPS) is 15.2. The Morgan fingerprint density at radius 2 is 1.51 bits per heavy atom. The Morgan fingerprint density at radius 1 is 0.889 bits per heavy atom. The van der Waals surface area contributed by atoms with Gasteiger partial charge in [0.2, 0.25) is 11.8 Å². The van der Waals surface area contributed by atoms with Crippen LogP contribution in [0.3, 0.4) is 0 Å². The fraction of sp³-hybridized carbons (Fsp3) is 0.605. The number of unbranched alkanes of at least 4 members (excludes halogenated alkanes) is 5. The molecule has 1 saturated carbocycles. The molecule has 0 heterocycles. The van der Waals surface area contributed by atoms with Crippen LogP contribution in [-0.4, -0.2) is 47.0 Å². The third-order valence-electron chi connectivity index (χ3n) is 8.38. The minimum Gasteiger partial charge on any atom is -0.444 e. The summed E-state index contributed by atoms with van der Waals surface area (Å²) in [6.07, 6.45) is 11.3. The van der Waals surface area contributed by atoms with E-state index in [-0.39, 0.29) is 24.3 Å². The number of alkyl carbamates (subject to hydrolysis) is 1. The zero-order valence-corrected chi connectivity index (χ0v) is 28.6. The zero-order chi connectivity index (χ0) is 32.8. The van der Waals surface area contributed by atoms with Gasteiger partial charge >= 0.3 is 6.09 Å². The van der Waals surface area contributed by atoms with Gasteiger partial charge in [-0.2, -0.15) is 0 Å². The van der Waals surface area contributed by atoms with Gasteiger partial charge in [0.1, 0.15) is 17.7 Å². The highest BCUT2D eigenvalue weighted by Gasteiger charge is 2.37. The number of hydrogen-bond acceptors (Lipinski definition) is 4. The molecule has 0 spiro atoms. The lowest BCUT2D eigenvalue weighted by Crippen LogP contribution is -2.54. The van der Waals surface area contributed by atoms with Gasteiger partial charge in [0.15, 0.2) is 0 Å². The maximum Gasteiger partial charge on any atom is 0.408 e. The lowest BCUT2D eigenvalue weighted by atomic mass is 9.93. The van der Waals surface area contributed by atoms with Gasteiger partial charge in [-0.3, -0.25) is 9.59 Å². The van der Waals surface area contributed by atoms with Gasteiger partial charge in [-0.25, -0.2) is 4.79 Å². The number of benzene rings is 2. The second-order valence-electron chi connectivity index (χ2n) is 13.9. The average Bonchev–Trinajstić information content (AvgIpc) is 2.97. The number of carbonyl (C=O) groups excluding carboxylic acids is 3. The van der Waals surface area contributed by atoms with Crippen LogP contribution in [0, 0.1) is 13.8 Å². The van der Waals surface area contributed by atoms with Crippen molar-refractivity contribution >= 4 is 17.9 Å². The maximum absolute atomic E-state index is 14.8. The fourth-order valence-corrected chi connectivity index (χ4v) is 6.30. The Balaban J connectivity index is 2.02. The summed E-state index contributed by atoms with van der Waals surface area (Å²) in [5.74, 6) is -0.428. The van der Waals surface area contributed by atoms with Crippen molar-refractivity contribution in [2.75, 3.05) is 6.54 Å². The van der Waals surface area contributed by atoms with E-state index in [9.17, 15) is 14.4 Å². The van der Waals surface area contributed by atoms with Gasteiger partial charge < -0.3 is 20.3 Å². The Bertz CT molecular complexity index is 1200. The topological polar surface area (TPSA) is 87.7 Å². The molecule has 2 unspecified atom stereocenters. The van der Waals surface area contributed by atoms with Crippen LogP contribution in [0.15, 0.2) is 48.5 Å². The van der Waals surface area contributed by atoms with Gasteiger partial charge in [0.25, 0.3) is 0 Å². The molecular weight excluding hydrogens is 562 g/mol. The summed E-state index contributed by atoms with van der Waals surface area (Å²) >= 11 is 0. The molecule has 45 heavy (non-hydrogen) atoms. The zero-order valence-electron chi connectivity index (χ0n) is 28.6. The van der Waals surface area contributed by atoms with Crippen molar-refractivity contribution < 1.29 is 19.1 Å². The quantitative estimate of drug-likeness (QED) is 0.197. The number of aryl methyl sites for hydroxylation is 2. The lowest BCUT2D eigenvalue weighted by Gasteiger charge is -2.36. The molecule has 1 fully saturated rings. The molecule has 2 aromatic carbocycles. The van der Waals surface area contributed by atoms with Crippen LogP contribution in [-0.2, 0) is 20.7 Å². The monoisotopic (exact) mass is 619 g/mol. The predicted octanol–water partition coefficient (Wildman–Crippen LogP) is 8.12. The fourth-order valence-electron chi connectivity index (χ4n) is 6.30. The van der Waals surface area contributed by atoms with E-state index in [0.29, 0.717) is 6.54 Å². The molecule has 0 bridgehead atoms. The van der Waals surface area contributed by atoms with Gasteiger partial charge in [-0.05, 0) is 65.0 Å². The van der Waals surface area contributed by atoms with E-state index in [2.05, 4.69) is 23.6 Å². The largest absolute Gasteiger partial charge is 0.444 e. The molecule has 0 aromatic heterocycles. The lowest BCUT2D eigenvalue weighted by molar-refractivity contribution is -0.143. The predicted molar refractivity (Wildman–Crippen MR) is 182 cm³/mol. The summed E-state index contributed by atoms with van der Waals surface area (Å²) in [7, 11) is 0. The van der Waals surface area contributed by atoms with Crippen LogP contribution in [0.1, 0.15) is 127 Å². The Hall–Kier alpha value is -3.35. The van der Waals surface area contributed by atoms with Gasteiger partial charge in [-0.15, -0.1) is 0 Å². The highest BCUT2D eigenvalue weighted by molar-refractivity contribution is 5.92. The number of nitrogens with zero attached hydrogens (tertiary/aromatic N) is 1. The highest BCUT2D eigenvalue weighted by atomic mass is 16.6. The summed E-state index contributed by atoms with van der Waals surface area (Å²) in [5, 5.41) is 6.21. The summed E-state index contributed by atoms with van der Waals surface area (Å²) < 4.78 is 5.60. The first-order chi connectivity index (χ1) is 21.5. The molecule has 3 rings (SSSR count). The smallest absolute Gasteiger partial charge is 0.408 e. The molecule has 2 N–H and O–H groups in total. The molecule has 2 atom stereocenters. The van der Waals surface area contributed by atoms with Crippen molar-refractivity contribution in [2.24, 2.45) is 0 Å². The van der Waals surface area contributed by atoms with E-state index in [0.717, 1.165) is 80.0 Å². The first kappa shape index (κ1) is 36.1. The summed E-state index contributed by atoms with van der Waals surface area (Å²) in [6.45, 7) is 12.1. The van der Waals surface area contributed by atoms with E-state index in [1.807, 2.05) is 56.3 Å². The minimum atomic E-state index is -0.904. The number of nitrogens with one attached hydrogen (secondary N) is 2. The number of amides is 3. The number of hydrogen-bond donors (Lipinski definition) is 2. The van der Waals surface area contributed by atoms with Crippen LogP contribution in [0.2, 0.25) is 0 Å². The molecular formula is C38H57N3O4. The maximum atomic E-state index is 14.8. The van der Waals surface area contributed by atoms with Gasteiger partial charge in [-0.1, -0.05) is 118 Å². The molecule has 7 nitrogen and oxygen atoms in total. The number of carbonyl (C=O) groups is 3. The molecule has 1 aliphatic rings. The van der Waals surface area contributed by atoms with E-state index in [1.54, 1.807) is 25.7 Å². The van der Waals surface area contributed by atoms with Crippen molar-refractivity contribution in [2.45, 2.75) is 142 Å².